The van der Waals surface area contributed by atoms with Gasteiger partial charge in [-0.05, 0) is 38.5 Å². The maximum absolute atomic E-state index is 12.8. The van der Waals surface area contributed by atoms with Gasteiger partial charge in [0, 0.05) is 18.9 Å². The normalized spacial score (nSPS) is 28.3. The minimum atomic E-state index is -1.36. The Labute approximate surface area is 152 Å². The average Bonchev–Trinajstić information content (AvgIpc) is 3.29. The first-order chi connectivity index (χ1) is 12.2. The Hall–Kier alpha value is -1.96. The molecule has 3 fully saturated rings. The van der Waals surface area contributed by atoms with Crippen molar-refractivity contribution in [3.63, 3.8) is 0 Å². The zero-order valence-corrected chi connectivity index (χ0v) is 15.1. The van der Waals surface area contributed by atoms with E-state index in [2.05, 4.69) is 0 Å². The van der Waals surface area contributed by atoms with E-state index in [-0.39, 0.29) is 36.6 Å². The predicted molar refractivity (Wildman–Crippen MR) is 91.6 cm³/mol. The van der Waals surface area contributed by atoms with Crippen molar-refractivity contribution in [1.29, 1.82) is 0 Å². The van der Waals surface area contributed by atoms with Gasteiger partial charge in [-0.3, -0.25) is 19.2 Å². The molecule has 0 radical (unpaired) electrons. The molecule has 3 aliphatic rings. The number of nitrogens with two attached hydrogens (primary N) is 1. The summed E-state index contributed by atoms with van der Waals surface area (Å²) in [5.74, 6) is -1.55. The fourth-order valence-corrected chi connectivity index (χ4v) is 4.44. The summed E-state index contributed by atoms with van der Waals surface area (Å²) in [6, 6.07) is -0.975. The van der Waals surface area contributed by atoms with Crippen LogP contribution in [0.5, 0.6) is 0 Å². The number of likely N-dealkylation sites (tertiary alicyclic amines) is 2. The van der Waals surface area contributed by atoms with Crippen molar-refractivity contribution in [1.82, 2.24) is 9.80 Å². The Morgan fingerprint density at radius 1 is 1.27 bits per heavy atom. The summed E-state index contributed by atoms with van der Waals surface area (Å²) in [4.78, 5) is 52.0. The summed E-state index contributed by atoms with van der Waals surface area (Å²) in [7, 11) is 0. The first-order valence-corrected chi connectivity index (χ1v) is 9.39. The molecule has 0 aromatic heterocycles. The number of ketones is 1. The molecule has 8 nitrogen and oxygen atoms in total. The van der Waals surface area contributed by atoms with E-state index in [9.17, 15) is 24.3 Å². The smallest absolute Gasteiger partial charge is 0.255 e. The number of rotatable bonds is 5. The monoisotopic (exact) mass is 365 g/mol. The van der Waals surface area contributed by atoms with Crippen molar-refractivity contribution in [3.05, 3.63) is 0 Å². The Morgan fingerprint density at radius 2 is 1.92 bits per heavy atom. The van der Waals surface area contributed by atoms with Crippen molar-refractivity contribution in [2.24, 2.45) is 11.7 Å². The van der Waals surface area contributed by atoms with Gasteiger partial charge >= 0.3 is 0 Å². The van der Waals surface area contributed by atoms with Gasteiger partial charge in [0.1, 0.15) is 11.6 Å². The molecule has 3 rings (SSSR count). The lowest BCUT2D eigenvalue weighted by atomic mass is 9.99. The highest BCUT2D eigenvalue weighted by molar-refractivity contribution is 5.99. The Bertz CT molecular complexity index is 628. The molecular formula is C18H27N3O5. The van der Waals surface area contributed by atoms with Crippen LogP contribution in [0.1, 0.15) is 51.9 Å². The standard InChI is InChI=1S/C18H27N3O5/c1-11(16(19)24)4-5-14(23)20-9-6-12-15(20)13(22)10-21(12)17(25)18(26)7-2-3-8-18/h11-12,15,26H,2-10H2,1H3,(H2,19,24). The number of hydrogen-bond acceptors (Lipinski definition) is 5. The number of carbonyl (C=O) groups excluding carboxylic acids is 4. The van der Waals surface area contributed by atoms with Crippen LogP contribution in [-0.2, 0) is 19.2 Å². The fraction of sp³-hybridized carbons (Fsp3) is 0.778. The number of amides is 3. The van der Waals surface area contributed by atoms with E-state index in [1.807, 2.05) is 0 Å². The third-order valence-corrected chi connectivity index (χ3v) is 6.11. The van der Waals surface area contributed by atoms with E-state index in [0.717, 1.165) is 12.8 Å². The highest BCUT2D eigenvalue weighted by Gasteiger charge is 2.54. The average molecular weight is 365 g/mol. The molecule has 3 amide bonds. The largest absolute Gasteiger partial charge is 0.380 e. The van der Waals surface area contributed by atoms with Crippen LogP contribution in [0.4, 0.5) is 0 Å². The van der Waals surface area contributed by atoms with Crippen molar-refractivity contribution in [3.8, 4) is 0 Å². The minimum absolute atomic E-state index is 0.0437. The molecule has 144 valence electrons. The fourth-order valence-electron chi connectivity index (χ4n) is 4.44. The van der Waals surface area contributed by atoms with Crippen LogP contribution < -0.4 is 5.73 Å². The van der Waals surface area contributed by atoms with Gasteiger partial charge in [0.15, 0.2) is 5.78 Å². The Morgan fingerprint density at radius 3 is 2.54 bits per heavy atom. The Balaban J connectivity index is 1.66. The molecule has 1 aliphatic carbocycles. The number of carbonyl (C=O) groups is 4. The third-order valence-electron chi connectivity index (χ3n) is 6.11. The molecule has 3 N–H and O–H groups in total. The lowest BCUT2D eigenvalue weighted by molar-refractivity contribution is -0.152. The SMILES string of the molecule is CC(CCC(=O)N1CCC2C1C(=O)CN2C(=O)C1(O)CCCC1)C(N)=O. The number of aliphatic hydroxyl groups is 1. The molecule has 2 heterocycles. The first kappa shape index (κ1) is 18.8. The van der Waals surface area contributed by atoms with Gasteiger partial charge in [0.05, 0.1) is 12.6 Å². The number of Topliss-reactive ketones (excluding diaryl/α,β-unsaturated/α-hetero) is 1. The van der Waals surface area contributed by atoms with Gasteiger partial charge in [-0.1, -0.05) is 6.92 Å². The first-order valence-electron chi connectivity index (χ1n) is 9.39. The minimum Gasteiger partial charge on any atom is -0.380 e. The van der Waals surface area contributed by atoms with Gasteiger partial charge in [-0.2, -0.15) is 0 Å². The van der Waals surface area contributed by atoms with E-state index >= 15 is 0 Å². The molecule has 0 aromatic carbocycles. The van der Waals surface area contributed by atoms with Crippen LogP contribution in [0.25, 0.3) is 0 Å². The van der Waals surface area contributed by atoms with Crippen molar-refractivity contribution in [2.45, 2.75) is 69.6 Å². The molecule has 26 heavy (non-hydrogen) atoms. The Kier molecular flexibility index (Phi) is 5.05. The van der Waals surface area contributed by atoms with E-state index in [1.54, 1.807) is 6.92 Å². The summed E-state index contributed by atoms with van der Waals surface area (Å²) >= 11 is 0. The molecule has 0 aromatic rings. The number of fused-ring (bicyclic) bond motifs is 1. The van der Waals surface area contributed by atoms with Gasteiger partial charge in [-0.15, -0.1) is 0 Å². The predicted octanol–water partition coefficient (Wildman–Crippen LogP) is -0.426. The lowest BCUT2D eigenvalue weighted by Gasteiger charge is -2.30. The van der Waals surface area contributed by atoms with Crippen LogP contribution in [0, 0.1) is 5.92 Å². The lowest BCUT2D eigenvalue weighted by Crippen LogP contribution is -2.50. The van der Waals surface area contributed by atoms with Gasteiger partial charge in [0.25, 0.3) is 5.91 Å². The highest BCUT2D eigenvalue weighted by atomic mass is 16.3. The number of primary amides is 1. The van der Waals surface area contributed by atoms with Crippen LogP contribution in [-0.4, -0.2) is 69.2 Å². The third kappa shape index (κ3) is 3.22. The van der Waals surface area contributed by atoms with Crippen molar-refractivity contribution >= 4 is 23.5 Å². The second-order valence-corrected chi connectivity index (χ2v) is 7.87. The molecule has 0 bridgehead atoms. The van der Waals surface area contributed by atoms with E-state index in [4.69, 9.17) is 5.73 Å². The topological polar surface area (TPSA) is 121 Å². The van der Waals surface area contributed by atoms with Crippen LogP contribution in [0.2, 0.25) is 0 Å². The zero-order valence-electron chi connectivity index (χ0n) is 15.1. The summed E-state index contributed by atoms with van der Waals surface area (Å²) < 4.78 is 0. The molecule has 1 saturated carbocycles. The van der Waals surface area contributed by atoms with Crippen LogP contribution in [0.3, 0.4) is 0 Å². The zero-order chi connectivity index (χ0) is 19.1. The second-order valence-electron chi connectivity index (χ2n) is 7.87. The van der Waals surface area contributed by atoms with E-state index in [1.165, 1.54) is 9.80 Å². The van der Waals surface area contributed by atoms with E-state index in [0.29, 0.717) is 32.2 Å². The molecule has 8 heteroatoms. The van der Waals surface area contributed by atoms with Gasteiger partial charge in [-0.25, -0.2) is 0 Å². The van der Waals surface area contributed by atoms with E-state index < -0.39 is 23.5 Å². The van der Waals surface area contributed by atoms with Gasteiger partial charge < -0.3 is 20.6 Å². The maximum atomic E-state index is 12.8. The van der Waals surface area contributed by atoms with Crippen LogP contribution >= 0.6 is 0 Å². The van der Waals surface area contributed by atoms with Gasteiger partial charge in [0.2, 0.25) is 11.8 Å². The second kappa shape index (κ2) is 6.98. The summed E-state index contributed by atoms with van der Waals surface area (Å²) in [5, 5.41) is 10.6. The highest BCUT2D eigenvalue weighted by Crippen LogP contribution is 2.36. The molecule has 3 unspecified atom stereocenters. The number of nitrogens with zero attached hydrogens (tertiary/aromatic N) is 2. The number of hydrogen-bond donors (Lipinski definition) is 2. The molecule has 2 aliphatic heterocycles. The van der Waals surface area contributed by atoms with Crippen LogP contribution in [0.15, 0.2) is 0 Å². The van der Waals surface area contributed by atoms with Crippen molar-refractivity contribution < 1.29 is 24.3 Å². The molecule has 0 spiro atoms. The molecule has 2 saturated heterocycles. The summed E-state index contributed by atoms with van der Waals surface area (Å²) in [5.41, 5.74) is 3.86. The quantitative estimate of drug-likeness (QED) is 0.685. The molecular weight excluding hydrogens is 338 g/mol. The molecule has 3 atom stereocenters. The van der Waals surface area contributed by atoms with Crippen molar-refractivity contribution in [2.75, 3.05) is 13.1 Å². The maximum Gasteiger partial charge on any atom is 0.255 e. The summed E-state index contributed by atoms with van der Waals surface area (Å²) in [6.45, 7) is 2.04. The summed E-state index contributed by atoms with van der Waals surface area (Å²) in [6.07, 6.45) is 3.51.